The van der Waals surface area contributed by atoms with Crippen LogP contribution in [0, 0.1) is 0 Å². The standard InChI is InChI=1S/C8H12N2O2/c1-8(2,3)10-5-4-9-6(11)7(10)12/h4-5H,1-3H3,(H,9,11). The summed E-state index contributed by atoms with van der Waals surface area (Å²) in [4.78, 5) is 24.5. The number of aromatic amines is 1. The van der Waals surface area contributed by atoms with Gasteiger partial charge in [0, 0.05) is 17.9 Å². The predicted molar refractivity (Wildman–Crippen MR) is 46.3 cm³/mol. The Hall–Kier alpha value is -1.32. The molecule has 1 N–H and O–H groups in total. The van der Waals surface area contributed by atoms with Gasteiger partial charge in [-0.2, -0.15) is 0 Å². The quantitative estimate of drug-likeness (QED) is 0.566. The fourth-order valence-electron chi connectivity index (χ4n) is 0.955. The minimum Gasteiger partial charge on any atom is -0.323 e. The molecule has 0 bridgehead atoms. The van der Waals surface area contributed by atoms with Crippen molar-refractivity contribution < 1.29 is 0 Å². The lowest BCUT2D eigenvalue weighted by molar-refractivity contribution is 0.380. The molecule has 0 radical (unpaired) electrons. The van der Waals surface area contributed by atoms with Gasteiger partial charge in [-0.05, 0) is 20.8 Å². The third-order valence-corrected chi connectivity index (χ3v) is 1.57. The number of nitrogens with zero attached hydrogens (tertiary/aromatic N) is 1. The Morgan fingerprint density at radius 2 is 1.92 bits per heavy atom. The molecule has 4 nitrogen and oxygen atoms in total. The average molecular weight is 168 g/mol. The van der Waals surface area contributed by atoms with E-state index in [0.717, 1.165) is 0 Å². The molecule has 1 aromatic heterocycles. The molecular formula is C8H12N2O2. The molecule has 4 heteroatoms. The van der Waals surface area contributed by atoms with Crippen molar-refractivity contribution >= 4 is 0 Å². The van der Waals surface area contributed by atoms with Crippen LogP contribution in [0.5, 0.6) is 0 Å². The summed E-state index contributed by atoms with van der Waals surface area (Å²) in [5, 5.41) is 0. The molecule has 12 heavy (non-hydrogen) atoms. The van der Waals surface area contributed by atoms with Gasteiger partial charge in [0.1, 0.15) is 0 Å². The van der Waals surface area contributed by atoms with Crippen LogP contribution in [0.4, 0.5) is 0 Å². The monoisotopic (exact) mass is 168 g/mol. The second-order valence-electron chi connectivity index (χ2n) is 3.64. The lowest BCUT2D eigenvalue weighted by Crippen LogP contribution is -2.42. The number of hydrogen-bond acceptors (Lipinski definition) is 2. The molecule has 1 rings (SSSR count). The van der Waals surface area contributed by atoms with Crippen LogP contribution in [0.25, 0.3) is 0 Å². The van der Waals surface area contributed by atoms with Crippen LogP contribution in [0.3, 0.4) is 0 Å². The van der Waals surface area contributed by atoms with E-state index in [2.05, 4.69) is 4.98 Å². The minimum atomic E-state index is -0.576. The molecular weight excluding hydrogens is 156 g/mol. The predicted octanol–water partition coefficient (Wildman–Crippen LogP) is 0.292. The van der Waals surface area contributed by atoms with Gasteiger partial charge in [0.25, 0.3) is 0 Å². The van der Waals surface area contributed by atoms with Crippen LogP contribution in [-0.2, 0) is 5.54 Å². The van der Waals surface area contributed by atoms with Crippen LogP contribution < -0.4 is 11.1 Å². The van der Waals surface area contributed by atoms with Crippen molar-refractivity contribution in [1.82, 2.24) is 9.55 Å². The van der Waals surface area contributed by atoms with E-state index in [1.807, 2.05) is 20.8 Å². The lowest BCUT2D eigenvalue weighted by Gasteiger charge is -2.20. The maximum absolute atomic E-state index is 11.2. The van der Waals surface area contributed by atoms with Gasteiger partial charge in [0.05, 0.1) is 0 Å². The molecule has 0 saturated carbocycles. The number of aromatic nitrogens is 2. The Morgan fingerprint density at radius 3 is 2.33 bits per heavy atom. The van der Waals surface area contributed by atoms with E-state index in [9.17, 15) is 9.59 Å². The first-order valence-electron chi connectivity index (χ1n) is 3.74. The molecule has 1 heterocycles. The van der Waals surface area contributed by atoms with Gasteiger partial charge >= 0.3 is 11.1 Å². The fraction of sp³-hybridized carbons (Fsp3) is 0.500. The van der Waals surface area contributed by atoms with Crippen LogP contribution in [0.1, 0.15) is 20.8 Å². The van der Waals surface area contributed by atoms with Gasteiger partial charge in [-0.3, -0.25) is 9.59 Å². The van der Waals surface area contributed by atoms with Gasteiger partial charge in [0.2, 0.25) is 0 Å². The molecule has 0 aliphatic carbocycles. The zero-order valence-electron chi connectivity index (χ0n) is 7.42. The summed E-state index contributed by atoms with van der Waals surface area (Å²) in [6, 6.07) is 0. The molecule has 0 saturated heterocycles. The summed E-state index contributed by atoms with van der Waals surface area (Å²) < 4.78 is 1.41. The van der Waals surface area contributed by atoms with E-state index < -0.39 is 11.1 Å². The highest BCUT2D eigenvalue weighted by molar-refractivity contribution is 4.87. The van der Waals surface area contributed by atoms with Crippen molar-refractivity contribution in [3.05, 3.63) is 33.1 Å². The Balaban J connectivity index is 3.47. The van der Waals surface area contributed by atoms with Crippen molar-refractivity contribution in [1.29, 1.82) is 0 Å². The molecule has 0 fully saturated rings. The minimum absolute atomic E-state index is 0.342. The zero-order chi connectivity index (χ0) is 9.35. The zero-order valence-corrected chi connectivity index (χ0v) is 7.42. The molecule has 0 aliphatic heterocycles. The smallest absolute Gasteiger partial charge is 0.316 e. The Bertz CT molecular complexity index is 381. The topological polar surface area (TPSA) is 54.9 Å². The van der Waals surface area contributed by atoms with E-state index in [4.69, 9.17) is 0 Å². The van der Waals surface area contributed by atoms with Crippen molar-refractivity contribution in [2.75, 3.05) is 0 Å². The Labute approximate surface area is 69.9 Å². The molecule has 0 aromatic carbocycles. The third-order valence-electron chi connectivity index (χ3n) is 1.57. The maximum Gasteiger partial charge on any atom is 0.316 e. The summed E-state index contributed by atoms with van der Waals surface area (Å²) in [5.74, 6) is 0. The molecule has 0 amide bonds. The molecule has 66 valence electrons. The first-order valence-corrected chi connectivity index (χ1v) is 3.74. The Kier molecular flexibility index (Phi) is 1.92. The van der Waals surface area contributed by atoms with Crippen LogP contribution in [0.2, 0.25) is 0 Å². The van der Waals surface area contributed by atoms with Crippen LogP contribution in [0.15, 0.2) is 22.0 Å². The third kappa shape index (κ3) is 1.47. The van der Waals surface area contributed by atoms with E-state index in [0.29, 0.717) is 0 Å². The Morgan fingerprint density at radius 1 is 1.33 bits per heavy atom. The van der Waals surface area contributed by atoms with Gasteiger partial charge in [0.15, 0.2) is 0 Å². The van der Waals surface area contributed by atoms with E-state index in [-0.39, 0.29) is 5.54 Å². The highest BCUT2D eigenvalue weighted by Gasteiger charge is 2.14. The molecule has 0 atom stereocenters. The summed E-state index contributed by atoms with van der Waals surface area (Å²) in [5.41, 5.74) is -1.43. The van der Waals surface area contributed by atoms with Crippen molar-refractivity contribution in [3.8, 4) is 0 Å². The van der Waals surface area contributed by atoms with Crippen LogP contribution in [-0.4, -0.2) is 9.55 Å². The normalized spacial score (nSPS) is 11.6. The molecule has 0 aliphatic rings. The summed E-state index contributed by atoms with van der Waals surface area (Å²) in [6.07, 6.45) is 3.04. The number of rotatable bonds is 0. The second kappa shape index (κ2) is 2.62. The summed E-state index contributed by atoms with van der Waals surface area (Å²) >= 11 is 0. The van der Waals surface area contributed by atoms with Crippen molar-refractivity contribution in [2.24, 2.45) is 0 Å². The SMILES string of the molecule is CC(C)(C)n1cc[nH]c(=O)c1=O. The first-order chi connectivity index (χ1) is 5.43. The molecule has 1 aromatic rings. The molecule has 0 spiro atoms. The van der Waals surface area contributed by atoms with Gasteiger partial charge < -0.3 is 9.55 Å². The van der Waals surface area contributed by atoms with E-state index >= 15 is 0 Å². The van der Waals surface area contributed by atoms with E-state index in [1.54, 1.807) is 6.20 Å². The van der Waals surface area contributed by atoms with E-state index in [1.165, 1.54) is 10.8 Å². The molecule has 0 unspecified atom stereocenters. The van der Waals surface area contributed by atoms with Gasteiger partial charge in [-0.1, -0.05) is 0 Å². The maximum atomic E-state index is 11.2. The number of hydrogen-bond donors (Lipinski definition) is 1. The second-order valence-corrected chi connectivity index (χ2v) is 3.64. The van der Waals surface area contributed by atoms with Crippen molar-refractivity contribution in [3.63, 3.8) is 0 Å². The van der Waals surface area contributed by atoms with Gasteiger partial charge in [-0.25, -0.2) is 0 Å². The summed E-state index contributed by atoms with van der Waals surface area (Å²) in [6.45, 7) is 5.61. The van der Waals surface area contributed by atoms with Gasteiger partial charge in [-0.15, -0.1) is 0 Å². The van der Waals surface area contributed by atoms with Crippen LogP contribution >= 0.6 is 0 Å². The largest absolute Gasteiger partial charge is 0.323 e. The number of H-pyrrole nitrogens is 1. The highest BCUT2D eigenvalue weighted by atomic mass is 16.2. The number of nitrogens with one attached hydrogen (secondary N) is 1. The first kappa shape index (κ1) is 8.77. The highest BCUT2D eigenvalue weighted by Crippen LogP contribution is 2.07. The fourth-order valence-corrected chi connectivity index (χ4v) is 0.955. The van der Waals surface area contributed by atoms with Crippen molar-refractivity contribution in [2.45, 2.75) is 26.3 Å². The average Bonchev–Trinajstić information content (AvgIpc) is 1.92. The summed E-state index contributed by atoms with van der Waals surface area (Å²) in [7, 11) is 0. The lowest BCUT2D eigenvalue weighted by atomic mass is 10.1.